The SMILES string of the molecule is COC(=O)C1(C(=O)OC)CC2=C(CC/C=C\C(C)=C/2)C1. The quantitative estimate of drug-likeness (QED) is 0.575. The van der Waals surface area contributed by atoms with Crippen LogP contribution in [0, 0.1) is 5.41 Å². The van der Waals surface area contributed by atoms with Crippen LogP contribution in [0.15, 0.2) is 34.9 Å². The van der Waals surface area contributed by atoms with Gasteiger partial charge in [0, 0.05) is 0 Å². The summed E-state index contributed by atoms with van der Waals surface area (Å²) in [6.07, 6.45) is 8.80. The highest BCUT2D eigenvalue weighted by Gasteiger charge is 2.52. The van der Waals surface area contributed by atoms with Crippen molar-refractivity contribution in [2.24, 2.45) is 5.41 Å². The van der Waals surface area contributed by atoms with Gasteiger partial charge in [-0.25, -0.2) is 0 Å². The minimum Gasteiger partial charge on any atom is -0.468 e. The molecule has 0 heterocycles. The fourth-order valence-corrected chi connectivity index (χ4v) is 3.00. The number of rotatable bonds is 2. The van der Waals surface area contributed by atoms with E-state index >= 15 is 0 Å². The molecule has 0 aromatic carbocycles. The molecule has 2 aliphatic rings. The van der Waals surface area contributed by atoms with Crippen molar-refractivity contribution >= 4 is 11.9 Å². The van der Waals surface area contributed by atoms with Crippen molar-refractivity contribution in [3.05, 3.63) is 34.9 Å². The largest absolute Gasteiger partial charge is 0.468 e. The van der Waals surface area contributed by atoms with Crippen LogP contribution in [-0.2, 0) is 19.1 Å². The molecule has 2 rings (SSSR count). The zero-order chi connectivity index (χ0) is 14.8. The van der Waals surface area contributed by atoms with Gasteiger partial charge in [-0.15, -0.1) is 0 Å². The summed E-state index contributed by atoms with van der Waals surface area (Å²) in [5.41, 5.74) is 2.16. The number of esters is 2. The minimum atomic E-state index is -1.20. The number of allylic oxidation sites excluding steroid dienone is 6. The molecule has 0 unspecified atom stereocenters. The molecule has 20 heavy (non-hydrogen) atoms. The molecule has 0 spiro atoms. The number of carbonyl (C=O) groups excluding carboxylic acids is 2. The molecule has 0 amide bonds. The van der Waals surface area contributed by atoms with E-state index in [0.717, 1.165) is 29.6 Å². The molecular weight excluding hydrogens is 256 g/mol. The van der Waals surface area contributed by atoms with Crippen LogP contribution >= 0.6 is 0 Å². The van der Waals surface area contributed by atoms with Crippen molar-refractivity contribution in [3.8, 4) is 0 Å². The highest BCUT2D eigenvalue weighted by Crippen LogP contribution is 2.46. The van der Waals surface area contributed by atoms with Gasteiger partial charge in [-0.1, -0.05) is 29.4 Å². The predicted octanol–water partition coefficient (Wildman–Crippen LogP) is 2.71. The number of carbonyl (C=O) groups is 2. The van der Waals surface area contributed by atoms with Crippen molar-refractivity contribution in [1.82, 2.24) is 0 Å². The van der Waals surface area contributed by atoms with Crippen molar-refractivity contribution in [2.75, 3.05) is 14.2 Å². The summed E-state index contributed by atoms with van der Waals surface area (Å²) >= 11 is 0. The third-order valence-electron chi connectivity index (χ3n) is 4.01. The van der Waals surface area contributed by atoms with Gasteiger partial charge in [0.1, 0.15) is 0 Å². The van der Waals surface area contributed by atoms with Crippen molar-refractivity contribution in [2.45, 2.75) is 32.6 Å². The van der Waals surface area contributed by atoms with Gasteiger partial charge >= 0.3 is 11.9 Å². The van der Waals surface area contributed by atoms with Gasteiger partial charge in [0.05, 0.1) is 14.2 Å². The van der Waals surface area contributed by atoms with E-state index < -0.39 is 17.4 Å². The van der Waals surface area contributed by atoms with E-state index in [-0.39, 0.29) is 0 Å². The summed E-state index contributed by atoms with van der Waals surface area (Å²) in [5, 5.41) is 0. The average Bonchev–Trinajstić information content (AvgIpc) is 2.79. The molecule has 0 bridgehead atoms. The summed E-state index contributed by atoms with van der Waals surface area (Å²) in [6.45, 7) is 2.02. The van der Waals surface area contributed by atoms with Crippen LogP contribution in [0.3, 0.4) is 0 Å². The Morgan fingerprint density at radius 1 is 1.15 bits per heavy atom. The van der Waals surface area contributed by atoms with E-state index in [2.05, 4.69) is 18.2 Å². The first kappa shape index (κ1) is 14.6. The maximum atomic E-state index is 12.1. The predicted molar refractivity (Wildman–Crippen MR) is 74.9 cm³/mol. The van der Waals surface area contributed by atoms with Crippen LogP contribution in [0.2, 0.25) is 0 Å². The van der Waals surface area contributed by atoms with E-state index in [9.17, 15) is 9.59 Å². The van der Waals surface area contributed by atoms with E-state index in [0.29, 0.717) is 12.8 Å². The number of methoxy groups -OCH3 is 2. The van der Waals surface area contributed by atoms with E-state index in [1.807, 2.05) is 6.92 Å². The minimum absolute atomic E-state index is 0.368. The standard InChI is InChI=1S/C16H20O4/c1-11-6-4-5-7-12-9-16(14(17)19-2,15(18)20-3)10-13(12)8-11/h4,6,8H,5,7,9-10H2,1-3H3/b6-4-,11-8-. The van der Waals surface area contributed by atoms with Gasteiger partial charge in [0.15, 0.2) is 5.41 Å². The molecule has 0 saturated heterocycles. The van der Waals surface area contributed by atoms with Crippen LogP contribution in [0.4, 0.5) is 0 Å². The van der Waals surface area contributed by atoms with Crippen LogP contribution < -0.4 is 0 Å². The Bertz CT molecular complexity index is 507. The number of hydrogen-bond donors (Lipinski definition) is 0. The summed E-state index contributed by atoms with van der Waals surface area (Å²) < 4.78 is 9.71. The molecule has 0 aromatic rings. The Balaban J connectivity index is 2.37. The maximum Gasteiger partial charge on any atom is 0.323 e. The topological polar surface area (TPSA) is 52.6 Å². The first-order valence-corrected chi connectivity index (χ1v) is 6.76. The van der Waals surface area contributed by atoms with Crippen molar-refractivity contribution in [1.29, 1.82) is 0 Å². The molecule has 4 nitrogen and oxygen atoms in total. The number of ether oxygens (including phenoxy) is 2. The molecule has 108 valence electrons. The highest BCUT2D eigenvalue weighted by molar-refractivity contribution is 6.01. The lowest BCUT2D eigenvalue weighted by molar-refractivity contribution is -0.168. The fourth-order valence-electron chi connectivity index (χ4n) is 3.00. The average molecular weight is 276 g/mol. The second-order valence-corrected chi connectivity index (χ2v) is 5.38. The van der Waals surface area contributed by atoms with Gasteiger partial charge < -0.3 is 9.47 Å². The summed E-state index contributed by atoms with van der Waals surface area (Å²) in [7, 11) is 2.62. The van der Waals surface area contributed by atoms with Crippen LogP contribution in [0.1, 0.15) is 32.6 Å². The molecule has 0 N–H and O–H groups in total. The Kier molecular flexibility index (Phi) is 4.12. The number of hydrogen-bond acceptors (Lipinski definition) is 4. The Morgan fingerprint density at radius 3 is 2.40 bits per heavy atom. The van der Waals surface area contributed by atoms with E-state index in [1.54, 1.807) is 0 Å². The van der Waals surface area contributed by atoms with Gasteiger partial charge in [-0.05, 0) is 38.2 Å². The lowest BCUT2D eigenvalue weighted by Crippen LogP contribution is -2.39. The highest BCUT2D eigenvalue weighted by atomic mass is 16.5. The van der Waals surface area contributed by atoms with Crippen LogP contribution in [0.5, 0.6) is 0 Å². The Labute approximate surface area is 119 Å². The fraction of sp³-hybridized carbons (Fsp3) is 0.500. The first-order valence-electron chi connectivity index (χ1n) is 6.76. The molecule has 2 aliphatic carbocycles. The molecule has 4 heteroatoms. The molecule has 0 atom stereocenters. The van der Waals surface area contributed by atoms with Crippen LogP contribution in [-0.4, -0.2) is 26.2 Å². The molecule has 0 aromatic heterocycles. The summed E-state index contributed by atoms with van der Waals surface area (Å²) in [5.74, 6) is -1.01. The first-order chi connectivity index (χ1) is 9.53. The van der Waals surface area contributed by atoms with Gasteiger partial charge in [0.25, 0.3) is 0 Å². The zero-order valence-corrected chi connectivity index (χ0v) is 12.2. The molecule has 0 radical (unpaired) electrons. The van der Waals surface area contributed by atoms with Gasteiger partial charge in [0.2, 0.25) is 0 Å². The molecule has 0 aliphatic heterocycles. The third kappa shape index (κ3) is 2.42. The van der Waals surface area contributed by atoms with Crippen molar-refractivity contribution in [3.63, 3.8) is 0 Å². The molecular formula is C16H20O4. The normalized spacial score (nSPS) is 24.9. The maximum absolute atomic E-state index is 12.1. The zero-order valence-electron chi connectivity index (χ0n) is 12.2. The lowest BCUT2D eigenvalue weighted by atomic mass is 9.83. The van der Waals surface area contributed by atoms with Crippen LogP contribution in [0.25, 0.3) is 0 Å². The van der Waals surface area contributed by atoms with Crippen molar-refractivity contribution < 1.29 is 19.1 Å². The monoisotopic (exact) mass is 276 g/mol. The van der Waals surface area contributed by atoms with Gasteiger partial charge in [-0.3, -0.25) is 9.59 Å². The van der Waals surface area contributed by atoms with E-state index in [4.69, 9.17) is 9.47 Å². The summed E-state index contributed by atoms with van der Waals surface area (Å²) in [6, 6.07) is 0. The summed E-state index contributed by atoms with van der Waals surface area (Å²) in [4.78, 5) is 24.3. The molecule has 0 saturated carbocycles. The smallest absolute Gasteiger partial charge is 0.323 e. The third-order valence-corrected chi connectivity index (χ3v) is 4.01. The second kappa shape index (κ2) is 5.65. The van der Waals surface area contributed by atoms with Gasteiger partial charge in [-0.2, -0.15) is 0 Å². The second-order valence-electron chi connectivity index (χ2n) is 5.38. The lowest BCUT2D eigenvalue weighted by Gasteiger charge is -2.23. The Morgan fingerprint density at radius 2 is 1.80 bits per heavy atom. The van der Waals surface area contributed by atoms with E-state index in [1.165, 1.54) is 14.2 Å². The Hall–Kier alpha value is -1.84. The molecule has 0 fully saturated rings.